The SMILES string of the molecule is O=C(N[C@@H]1CCC[C@H](C(=O)NC2CCCC2C(=O)O)C1)OCC1c2ccccc2-c2ccccc21. The first-order valence-corrected chi connectivity index (χ1v) is 12.7. The average molecular weight is 477 g/mol. The quantitative estimate of drug-likeness (QED) is 0.571. The third-order valence-electron chi connectivity index (χ3n) is 7.87. The van der Waals surface area contributed by atoms with E-state index < -0.39 is 18.0 Å². The van der Waals surface area contributed by atoms with Crippen LogP contribution in [0.4, 0.5) is 4.79 Å². The number of nitrogens with one attached hydrogen (secondary N) is 2. The summed E-state index contributed by atoms with van der Waals surface area (Å²) < 4.78 is 5.67. The molecule has 0 aromatic heterocycles. The topological polar surface area (TPSA) is 105 Å². The van der Waals surface area contributed by atoms with Gasteiger partial charge >= 0.3 is 12.1 Å². The normalized spacial score (nSPS) is 25.4. The maximum absolute atomic E-state index is 12.8. The lowest BCUT2D eigenvalue weighted by Gasteiger charge is -2.30. The summed E-state index contributed by atoms with van der Waals surface area (Å²) in [6.45, 7) is 0.259. The van der Waals surface area contributed by atoms with E-state index in [9.17, 15) is 19.5 Å². The van der Waals surface area contributed by atoms with E-state index >= 15 is 0 Å². The molecule has 2 aromatic carbocycles. The van der Waals surface area contributed by atoms with E-state index in [0.29, 0.717) is 19.3 Å². The van der Waals surface area contributed by atoms with Crippen molar-refractivity contribution in [3.8, 4) is 11.1 Å². The van der Waals surface area contributed by atoms with Crippen LogP contribution in [0.5, 0.6) is 0 Å². The van der Waals surface area contributed by atoms with Crippen molar-refractivity contribution in [3.05, 3.63) is 59.7 Å². The van der Waals surface area contributed by atoms with Crippen molar-refractivity contribution in [1.29, 1.82) is 0 Å². The number of ether oxygens (including phenoxy) is 1. The number of alkyl carbamates (subject to hydrolysis) is 1. The predicted octanol–water partition coefficient (Wildman–Crippen LogP) is 4.45. The second kappa shape index (κ2) is 10.1. The van der Waals surface area contributed by atoms with Crippen LogP contribution in [0.1, 0.15) is 62.0 Å². The second-order valence-electron chi connectivity index (χ2n) is 10.0. The van der Waals surface area contributed by atoms with Crippen molar-refractivity contribution in [2.75, 3.05) is 6.61 Å². The number of carboxylic acids is 1. The summed E-state index contributed by atoms with van der Waals surface area (Å²) in [5.74, 6) is -1.66. The largest absolute Gasteiger partial charge is 0.481 e. The van der Waals surface area contributed by atoms with Gasteiger partial charge < -0.3 is 20.5 Å². The van der Waals surface area contributed by atoms with Gasteiger partial charge in [-0.25, -0.2) is 4.79 Å². The maximum atomic E-state index is 12.8. The number of carboxylic acid groups (broad SMARTS) is 1. The molecule has 7 heteroatoms. The van der Waals surface area contributed by atoms with Crippen molar-refractivity contribution < 1.29 is 24.2 Å². The van der Waals surface area contributed by atoms with Gasteiger partial charge in [0.25, 0.3) is 0 Å². The molecule has 0 radical (unpaired) electrons. The van der Waals surface area contributed by atoms with E-state index in [1.807, 2.05) is 24.3 Å². The van der Waals surface area contributed by atoms with E-state index in [2.05, 4.69) is 34.9 Å². The zero-order valence-electron chi connectivity index (χ0n) is 19.7. The number of carbonyl (C=O) groups excluding carboxylic acids is 2. The van der Waals surface area contributed by atoms with Gasteiger partial charge in [-0.3, -0.25) is 9.59 Å². The Hall–Kier alpha value is -3.35. The number of hydrogen-bond acceptors (Lipinski definition) is 4. The van der Waals surface area contributed by atoms with Crippen LogP contribution in [0.25, 0.3) is 11.1 Å². The average Bonchev–Trinajstić information content (AvgIpc) is 3.45. The molecule has 2 aromatic rings. The molecule has 0 bridgehead atoms. The van der Waals surface area contributed by atoms with E-state index in [0.717, 1.165) is 25.7 Å². The van der Waals surface area contributed by atoms with Gasteiger partial charge in [0.15, 0.2) is 0 Å². The monoisotopic (exact) mass is 476 g/mol. The molecule has 0 spiro atoms. The molecule has 0 saturated heterocycles. The molecule has 3 N–H and O–H groups in total. The minimum atomic E-state index is -0.841. The summed E-state index contributed by atoms with van der Waals surface area (Å²) in [5, 5.41) is 15.3. The standard InChI is InChI=1S/C28H32N2O5/c31-26(30-25-14-6-13-23(25)27(32)33)17-7-5-8-18(15-17)29-28(34)35-16-24-21-11-3-1-9-19(21)20-10-2-4-12-22(20)24/h1-4,9-12,17-18,23-25H,5-8,13-16H2,(H,29,34)(H,30,31)(H,32,33)/t17-,18+,23?,25?/m0/s1. The Morgan fingerprint density at radius 1 is 0.857 bits per heavy atom. The second-order valence-corrected chi connectivity index (χ2v) is 10.0. The molecular formula is C28H32N2O5. The summed E-state index contributed by atoms with van der Waals surface area (Å²) in [4.78, 5) is 36.9. The van der Waals surface area contributed by atoms with Gasteiger partial charge in [0.1, 0.15) is 6.61 Å². The number of aliphatic carboxylic acids is 1. The van der Waals surface area contributed by atoms with Crippen LogP contribution in [-0.4, -0.2) is 41.8 Å². The molecule has 35 heavy (non-hydrogen) atoms. The van der Waals surface area contributed by atoms with Crippen molar-refractivity contribution in [3.63, 3.8) is 0 Å². The molecule has 2 unspecified atom stereocenters. The Kier molecular flexibility index (Phi) is 6.75. The van der Waals surface area contributed by atoms with Crippen LogP contribution < -0.4 is 10.6 Å². The number of rotatable bonds is 6. The molecule has 5 rings (SSSR count). The molecule has 3 aliphatic carbocycles. The van der Waals surface area contributed by atoms with Gasteiger partial charge in [-0.1, -0.05) is 61.4 Å². The molecule has 184 valence electrons. The summed E-state index contributed by atoms with van der Waals surface area (Å²) in [7, 11) is 0. The molecule has 0 heterocycles. The van der Waals surface area contributed by atoms with E-state index in [1.165, 1.54) is 22.3 Å². The fraction of sp³-hybridized carbons (Fsp3) is 0.464. The van der Waals surface area contributed by atoms with Crippen LogP contribution in [-0.2, 0) is 14.3 Å². The lowest BCUT2D eigenvalue weighted by molar-refractivity contribution is -0.142. The molecule has 3 aliphatic rings. The van der Waals surface area contributed by atoms with Gasteiger partial charge in [0, 0.05) is 23.9 Å². The molecular weight excluding hydrogens is 444 g/mol. The minimum absolute atomic E-state index is 0.00613. The van der Waals surface area contributed by atoms with Gasteiger partial charge in [-0.2, -0.15) is 0 Å². The summed E-state index contributed by atoms with van der Waals surface area (Å²) in [5.41, 5.74) is 4.71. The highest BCUT2D eigenvalue weighted by molar-refractivity contribution is 5.81. The number of benzene rings is 2. The van der Waals surface area contributed by atoms with Gasteiger partial charge in [0.2, 0.25) is 5.91 Å². The smallest absolute Gasteiger partial charge is 0.407 e. The van der Waals surface area contributed by atoms with Crippen LogP contribution in [0.15, 0.2) is 48.5 Å². The lowest BCUT2D eigenvalue weighted by Crippen LogP contribution is -2.46. The lowest BCUT2D eigenvalue weighted by atomic mass is 9.85. The Morgan fingerprint density at radius 2 is 1.51 bits per heavy atom. The molecule has 2 fully saturated rings. The number of fused-ring (bicyclic) bond motifs is 3. The summed E-state index contributed by atoms with van der Waals surface area (Å²) in [6.07, 6.45) is 4.60. The van der Waals surface area contributed by atoms with E-state index in [-0.39, 0.29) is 36.4 Å². The Labute approximate surface area is 205 Å². The maximum Gasteiger partial charge on any atom is 0.407 e. The number of carbonyl (C=O) groups is 3. The third kappa shape index (κ3) is 4.90. The zero-order valence-corrected chi connectivity index (χ0v) is 19.7. The predicted molar refractivity (Wildman–Crippen MR) is 131 cm³/mol. The van der Waals surface area contributed by atoms with Crippen LogP contribution >= 0.6 is 0 Å². The molecule has 0 aliphatic heterocycles. The van der Waals surface area contributed by atoms with Crippen LogP contribution in [0.2, 0.25) is 0 Å². The summed E-state index contributed by atoms with van der Waals surface area (Å²) >= 11 is 0. The Balaban J connectivity index is 1.14. The molecule has 2 amide bonds. The fourth-order valence-corrected chi connectivity index (χ4v) is 6.09. The minimum Gasteiger partial charge on any atom is -0.481 e. The summed E-state index contributed by atoms with van der Waals surface area (Å²) in [6, 6.07) is 16.0. The van der Waals surface area contributed by atoms with Crippen molar-refractivity contribution in [2.24, 2.45) is 11.8 Å². The van der Waals surface area contributed by atoms with Gasteiger partial charge in [-0.05, 0) is 54.4 Å². The van der Waals surface area contributed by atoms with Crippen molar-refractivity contribution in [1.82, 2.24) is 10.6 Å². The zero-order chi connectivity index (χ0) is 24.4. The first-order valence-electron chi connectivity index (χ1n) is 12.7. The van der Waals surface area contributed by atoms with Crippen molar-refractivity contribution in [2.45, 2.75) is 62.9 Å². The first kappa shape index (κ1) is 23.4. The third-order valence-corrected chi connectivity index (χ3v) is 7.87. The number of amides is 2. The van der Waals surface area contributed by atoms with E-state index in [4.69, 9.17) is 4.74 Å². The van der Waals surface area contributed by atoms with Crippen LogP contribution in [0.3, 0.4) is 0 Å². The molecule has 2 saturated carbocycles. The highest BCUT2D eigenvalue weighted by Crippen LogP contribution is 2.44. The molecule has 7 nitrogen and oxygen atoms in total. The van der Waals surface area contributed by atoms with Crippen molar-refractivity contribution >= 4 is 18.0 Å². The highest BCUT2D eigenvalue weighted by atomic mass is 16.5. The number of hydrogen-bond donors (Lipinski definition) is 3. The Morgan fingerprint density at radius 3 is 2.20 bits per heavy atom. The highest BCUT2D eigenvalue weighted by Gasteiger charge is 2.36. The first-order chi connectivity index (χ1) is 17.0. The molecule has 4 atom stereocenters. The fourth-order valence-electron chi connectivity index (χ4n) is 6.09. The van der Waals surface area contributed by atoms with E-state index in [1.54, 1.807) is 0 Å². The Bertz CT molecular complexity index is 1070. The van der Waals surface area contributed by atoms with Crippen LogP contribution in [0, 0.1) is 11.8 Å². The van der Waals surface area contributed by atoms with Gasteiger partial charge in [-0.15, -0.1) is 0 Å². The van der Waals surface area contributed by atoms with Gasteiger partial charge in [0.05, 0.1) is 5.92 Å².